The number of rotatable bonds is 7. The van der Waals surface area contributed by atoms with Crippen molar-refractivity contribution < 1.29 is 19.1 Å². The molecule has 6 nitrogen and oxygen atoms in total. The first-order valence-corrected chi connectivity index (χ1v) is 11.1. The van der Waals surface area contributed by atoms with Crippen molar-refractivity contribution in [3.8, 4) is 5.75 Å². The Morgan fingerprint density at radius 1 is 0.968 bits per heavy atom. The molecule has 0 radical (unpaired) electrons. The number of likely N-dealkylation sites (tertiary alicyclic amines) is 2. The smallest absolute Gasteiger partial charge is 0.337 e. The third kappa shape index (κ3) is 5.07. The minimum atomic E-state index is -0.363. The zero-order valence-corrected chi connectivity index (χ0v) is 18.1. The molecule has 164 valence electrons. The Morgan fingerprint density at radius 3 is 2.45 bits per heavy atom. The van der Waals surface area contributed by atoms with Gasteiger partial charge in [-0.2, -0.15) is 0 Å². The average Bonchev–Trinajstić information content (AvgIpc) is 3.50. The van der Waals surface area contributed by atoms with Gasteiger partial charge in [0.05, 0.1) is 18.2 Å². The van der Waals surface area contributed by atoms with E-state index >= 15 is 0 Å². The number of benzene rings is 2. The highest BCUT2D eigenvalue weighted by Gasteiger charge is 2.32. The maximum atomic E-state index is 13.4. The van der Waals surface area contributed by atoms with Gasteiger partial charge in [0.25, 0.3) is 5.91 Å². The summed E-state index contributed by atoms with van der Waals surface area (Å²) in [5.74, 6) is 0.284. The Morgan fingerprint density at radius 2 is 1.71 bits per heavy atom. The number of carbonyl (C=O) groups is 2. The zero-order valence-electron chi connectivity index (χ0n) is 18.1. The number of para-hydroxylation sites is 1. The number of hydrogen-bond acceptors (Lipinski definition) is 5. The van der Waals surface area contributed by atoms with Crippen molar-refractivity contribution in [3.05, 3.63) is 65.2 Å². The van der Waals surface area contributed by atoms with E-state index in [2.05, 4.69) is 4.90 Å². The molecule has 31 heavy (non-hydrogen) atoms. The lowest BCUT2D eigenvalue weighted by atomic mass is 10.1. The molecule has 2 saturated heterocycles. The maximum absolute atomic E-state index is 13.4. The predicted octanol–water partition coefficient (Wildman–Crippen LogP) is 3.75. The lowest BCUT2D eigenvalue weighted by Gasteiger charge is -2.29. The molecule has 0 spiro atoms. The molecular weight excluding hydrogens is 392 g/mol. The van der Waals surface area contributed by atoms with Crippen LogP contribution < -0.4 is 4.74 Å². The molecule has 1 amide bonds. The molecule has 0 aromatic heterocycles. The van der Waals surface area contributed by atoms with Gasteiger partial charge in [0, 0.05) is 19.1 Å². The number of methoxy groups -OCH3 is 1. The van der Waals surface area contributed by atoms with Gasteiger partial charge in [-0.3, -0.25) is 4.79 Å². The van der Waals surface area contributed by atoms with Crippen molar-refractivity contribution in [1.82, 2.24) is 9.80 Å². The van der Waals surface area contributed by atoms with E-state index in [1.54, 1.807) is 12.1 Å². The number of ether oxygens (including phenoxy) is 2. The highest BCUT2D eigenvalue weighted by atomic mass is 16.5. The number of nitrogens with zero attached hydrogens (tertiary/aromatic N) is 2. The Balaban J connectivity index is 1.42. The van der Waals surface area contributed by atoms with Crippen LogP contribution in [0.2, 0.25) is 0 Å². The van der Waals surface area contributed by atoms with Crippen molar-refractivity contribution in [2.24, 2.45) is 0 Å². The summed E-state index contributed by atoms with van der Waals surface area (Å²) in [5.41, 5.74) is 2.03. The molecule has 4 rings (SSSR count). The van der Waals surface area contributed by atoms with Crippen LogP contribution in [-0.4, -0.2) is 61.0 Å². The van der Waals surface area contributed by atoms with E-state index in [4.69, 9.17) is 9.47 Å². The van der Waals surface area contributed by atoms with Crippen LogP contribution >= 0.6 is 0 Å². The highest BCUT2D eigenvalue weighted by Crippen LogP contribution is 2.27. The number of carbonyl (C=O) groups excluding carboxylic acids is 2. The Bertz CT molecular complexity index is 906. The third-order valence-electron chi connectivity index (χ3n) is 6.19. The fourth-order valence-corrected chi connectivity index (χ4v) is 4.50. The standard InChI is InChI=1S/C25H30N2O4/c1-30-25(29)20-12-10-19(11-13-20)18-31-23-9-3-2-8-22(23)24(28)27-16-6-7-21(27)17-26-14-4-5-15-26/h2-3,8-13,21H,4-7,14-18H2,1H3. The SMILES string of the molecule is COC(=O)c1ccc(COc2ccccc2C(=O)N2CCCC2CN2CCCC2)cc1. The van der Waals surface area contributed by atoms with Gasteiger partial charge >= 0.3 is 5.97 Å². The minimum absolute atomic E-state index is 0.0540. The van der Waals surface area contributed by atoms with Crippen LogP contribution in [0.4, 0.5) is 0 Å². The Labute approximate surface area is 183 Å². The molecule has 0 bridgehead atoms. The Kier molecular flexibility index (Phi) is 6.87. The van der Waals surface area contributed by atoms with Crippen LogP contribution in [0.3, 0.4) is 0 Å². The van der Waals surface area contributed by atoms with Gasteiger partial charge < -0.3 is 19.3 Å². The van der Waals surface area contributed by atoms with E-state index < -0.39 is 0 Å². The molecule has 2 heterocycles. The van der Waals surface area contributed by atoms with Gasteiger partial charge in [0.1, 0.15) is 12.4 Å². The maximum Gasteiger partial charge on any atom is 0.337 e. The van der Waals surface area contributed by atoms with Crippen molar-refractivity contribution in [2.45, 2.75) is 38.3 Å². The van der Waals surface area contributed by atoms with Crippen molar-refractivity contribution in [1.29, 1.82) is 0 Å². The highest BCUT2D eigenvalue weighted by molar-refractivity contribution is 5.97. The van der Waals surface area contributed by atoms with Gasteiger partial charge in [-0.15, -0.1) is 0 Å². The van der Waals surface area contributed by atoms with Gasteiger partial charge in [0.15, 0.2) is 0 Å². The first-order valence-electron chi connectivity index (χ1n) is 11.1. The normalized spacial score (nSPS) is 18.9. The molecular formula is C25H30N2O4. The van der Waals surface area contributed by atoms with Gasteiger partial charge in [-0.1, -0.05) is 24.3 Å². The van der Waals surface area contributed by atoms with Crippen molar-refractivity contribution in [3.63, 3.8) is 0 Å². The van der Waals surface area contributed by atoms with Crippen LogP contribution in [-0.2, 0) is 11.3 Å². The van der Waals surface area contributed by atoms with Crippen LogP contribution in [0.5, 0.6) is 5.75 Å². The number of hydrogen-bond donors (Lipinski definition) is 0. The fraction of sp³-hybridized carbons (Fsp3) is 0.440. The predicted molar refractivity (Wildman–Crippen MR) is 118 cm³/mol. The van der Waals surface area contributed by atoms with E-state index in [9.17, 15) is 9.59 Å². The largest absolute Gasteiger partial charge is 0.488 e. The summed E-state index contributed by atoms with van der Waals surface area (Å²) in [6.45, 7) is 4.39. The molecule has 1 unspecified atom stereocenters. The molecule has 0 N–H and O–H groups in total. The monoisotopic (exact) mass is 422 g/mol. The lowest BCUT2D eigenvalue weighted by molar-refractivity contribution is 0.0600. The number of esters is 1. The van der Waals surface area contributed by atoms with E-state index in [0.717, 1.165) is 44.6 Å². The lowest BCUT2D eigenvalue weighted by Crippen LogP contribution is -2.42. The summed E-state index contributed by atoms with van der Waals surface area (Å²) in [4.78, 5) is 29.5. The summed E-state index contributed by atoms with van der Waals surface area (Å²) in [6.07, 6.45) is 4.65. The number of amides is 1. The summed E-state index contributed by atoms with van der Waals surface area (Å²) in [7, 11) is 1.36. The molecule has 2 aromatic carbocycles. The first-order chi connectivity index (χ1) is 15.2. The molecule has 2 aromatic rings. The molecule has 0 aliphatic carbocycles. The van der Waals surface area contributed by atoms with Crippen LogP contribution in [0, 0.1) is 0 Å². The summed E-state index contributed by atoms with van der Waals surface area (Å²) < 4.78 is 10.8. The van der Waals surface area contributed by atoms with Crippen molar-refractivity contribution >= 4 is 11.9 Å². The fourth-order valence-electron chi connectivity index (χ4n) is 4.50. The second-order valence-corrected chi connectivity index (χ2v) is 8.28. The summed E-state index contributed by atoms with van der Waals surface area (Å²) >= 11 is 0. The molecule has 0 saturated carbocycles. The van der Waals surface area contributed by atoms with E-state index in [-0.39, 0.29) is 17.9 Å². The Hall–Kier alpha value is -2.86. The quantitative estimate of drug-likeness (QED) is 0.636. The minimum Gasteiger partial charge on any atom is -0.488 e. The van der Waals surface area contributed by atoms with Crippen LogP contribution in [0.15, 0.2) is 48.5 Å². The topological polar surface area (TPSA) is 59.1 Å². The van der Waals surface area contributed by atoms with Gasteiger partial charge in [-0.05, 0) is 68.6 Å². The van der Waals surface area contributed by atoms with Crippen molar-refractivity contribution in [2.75, 3.05) is 33.3 Å². The molecule has 2 aliphatic rings. The zero-order chi connectivity index (χ0) is 21.6. The van der Waals surface area contributed by atoms with E-state index in [1.807, 2.05) is 41.3 Å². The first kappa shape index (κ1) is 21.4. The molecule has 6 heteroatoms. The van der Waals surface area contributed by atoms with Crippen LogP contribution in [0.1, 0.15) is 52.0 Å². The average molecular weight is 423 g/mol. The van der Waals surface area contributed by atoms with Crippen LogP contribution in [0.25, 0.3) is 0 Å². The second kappa shape index (κ2) is 9.96. The van der Waals surface area contributed by atoms with Gasteiger partial charge in [0.2, 0.25) is 0 Å². The summed E-state index contributed by atoms with van der Waals surface area (Å²) in [6, 6.07) is 14.9. The molecule has 1 atom stereocenters. The second-order valence-electron chi connectivity index (χ2n) is 8.28. The third-order valence-corrected chi connectivity index (χ3v) is 6.19. The molecule has 2 aliphatic heterocycles. The van der Waals surface area contributed by atoms with E-state index in [1.165, 1.54) is 20.0 Å². The van der Waals surface area contributed by atoms with Gasteiger partial charge in [-0.25, -0.2) is 4.79 Å². The van der Waals surface area contributed by atoms with E-state index in [0.29, 0.717) is 23.5 Å². The summed E-state index contributed by atoms with van der Waals surface area (Å²) in [5, 5.41) is 0. The molecule has 2 fully saturated rings.